The summed E-state index contributed by atoms with van der Waals surface area (Å²) in [4.78, 5) is -0.351. The van der Waals surface area contributed by atoms with Gasteiger partial charge >= 0.3 is 0 Å². The van der Waals surface area contributed by atoms with E-state index in [4.69, 9.17) is 0 Å². The predicted octanol–water partition coefficient (Wildman–Crippen LogP) is 3.60. The number of hydrogen-bond donors (Lipinski definition) is 3. The van der Waals surface area contributed by atoms with Crippen LogP contribution in [0.3, 0.4) is 0 Å². The van der Waals surface area contributed by atoms with Crippen molar-refractivity contribution >= 4 is 15.7 Å². The highest BCUT2D eigenvalue weighted by Crippen LogP contribution is 2.30. The Balaban J connectivity index is 1.91. The summed E-state index contributed by atoms with van der Waals surface area (Å²) in [7, 11) is -4.15. The molecule has 1 saturated heterocycles. The van der Waals surface area contributed by atoms with Gasteiger partial charge in [-0.05, 0) is 32.3 Å². The van der Waals surface area contributed by atoms with E-state index in [1.165, 1.54) is 12.1 Å². The van der Waals surface area contributed by atoms with E-state index in [9.17, 15) is 36.2 Å². The summed E-state index contributed by atoms with van der Waals surface area (Å²) in [6, 6.07) is 4.83. The van der Waals surface area contributed by atoms with Gasteiger partial charge in [0.15, 0.2) is 23.7 Å². The van der Waals surface area contributed by atoms with Crippen LogP contribution < -0.4 is 5.32 Å². The number of rotatable bonds is 6. The highest BCUT2D eigenvalue weighted by molar-refractivity contribution is 7.89. The summed E-state index contributed by atoms with van der Waals surface area (Å²) < 4.78 is 81.2. The van der Waals surface area contributed by atoms with Gasteiger partial charge < -0.3 is 15.5 Å². The lowest BCUT2D eigenvalue weighted by Crippen LogP contribution is -2.34. The number of alkyl halides is 1. The Bertz CT molecular complexity index is 1070. The maximum absolute atomic E-state index is 13.6. The number of nitrogens with zero attached hydrogens (tertiary/aromatic N) is 1. The van der Waals surface area contributed by atoms with Crippen LogP contribution in [0.1, 0.15) is 43.5 Å². The number of anilines is 1. The third-order valence-corrected chi connectivity index (χ3v) is 7.46. The summed E-state index contributed by atoms with van der Waals surface area (Å²) in [5.74, 6) is -4.59. The molecule has 0 aliphatic carbocycles. The van der Waals surface area contributed by atoms with Gasteiger partial charge in [-0.25, -0.2) is 26.0 Å². The maximum atomic E-state index is 13.6. The third-order valence-electron chi connectivity index (χ3n) is 5.48. The number of benzene rings is 2. The van der Waals surface area contributed by atoms with Gasteiger partial charge in [0.25, 0.3) is 0 Å². The number of hydrogen-bond acceptors (Lipinski definition) is 5. The van der Waals surface area contributed by atoms with Gasteiger partial charge in [0, 0.05) is 42.0 Å². The first-order chi connectivity index (χ1) is 14.9. The molecule has 2 aromatic carbocycles. The zero-order chi connectivity index (χ0) is 23.7. The van der Waals surface area contributed by atoms with Crippen molar-refractivity contribution in [1.29, 1.82) is 0 Å². The van der Waals surface area contributed by atoms with E-state index < -0.39 is 46.0 Å². The molecule has 176 valence electrons. The smallest absolute Gasteiger partial charge is 0.243 e. The molecule has 2 atom stereocenters. The third kappa shape index (κ3) is 5.22. The highest BCUT2D eigenvalue weighted by atomic mass is 32.2. The summed E-state index contributed by atoms with van der Waals surface area (Å²) >= 11 is 0. The van der Waals surface area contributed by atoms with Crippen LogP contribution in [-0.2, 0) is 16.7 Å². The second-order valence-electron chi connectivity index (χ2n) is 8.06. The average molecular weight is 476 g/mol. The SMILES string of the molecule is CC1(O)CCCN(S(=O)(=O)c2cc(C(O)Nc3cc(F)c(F)c(F)c3)ccc2CF)CC1. The highest BCUT2D eigenvalue weighted by Gasteiger charge is 2.33. The van der Waals surface area contributed by atoms with E-state index in [-0.39, 0.29) is 41.2 Å². The molecule has 3 N–H and O–H groups in total. The van der Waals surface area contributed by atoms with Crippen molar-refractivity contribution < 1.29 is 36.2 Å². The molecule has 6 nitrogen and oxygen atoms in total. The Morgan fingerprint density at radius 2 is 1.78 bits per heavy atom. The van der Waals surface area contributed by atoms with Crippen LogP contribution in [0.5, 0.6) is 0 Å². The van der Waals surface area contributed by atoms with Gasteiger partial charge in [0.05, 0.1) is 10.5 Å². The number of aliphatic hydroxyl groups is 2. The number of sulfonamides is 1. The van der Waals surface area contributed by atoms with Crippen LogP contribution in [0.2, 0.25) is 0 Å². The molecule has 1 aliphatic heterocycles. The molecule has 1 heterocycles. The monoisotopic (exact) mass is 476 g/mol. The second-order valence-corrected chi connectivity index (χ2v) is 9.96. The van der Waals surface area contributed by atoms with Crippen LogP contribution in [0.4, 0.5) is 23.2 Å². The Labute approximate surface area is 183 Å². The number of aliphatic hydroxyl groups excluding tert-OH is 1. The summed E-state index contributed by atoms with van der Waals surface area (Å²) in [6.45, 7) is 0.738. The lowest BCUT2D eigenvalue weighted by atomic mass is 9.98. The van der Waals surface area contributed by atoms with Gasteiger partial charge in [-0.2, -0.15) is 4.31 Å². The minimum atomic E-state index is -4.15. The lowest BCUT2D eigenvalue weighted by Gasteiger charge is -2.24. The number of halogens is 4. The molecule has 32 heavy (non-hydrogen) atoms. The first-order valence-corrected chi connectivity index (χ1v) is 11.4. The van der Waals surface area contributed by atoms with E-state index in [0.29, 0.717) is 25.0 Å². The molecule has 2 aromatic rings. The normalized spacial score (nSPS) is 21.2. The van der Waals surface area contributed by atoms with Crippen molar-refractivity contribution in [2.75, 3.05) is 18.4 Å². The minimum absolute atomic E-state index is 0.00673. The summed E-state index contributed by atoms with van der Waals surface area (Å²) in [5.41, 5.74) is -1.40. The van der Waals surface area contributed by atoms with Crippen molar-refractivity contribution in [2.45, 2.75) is 49.6 Å². The molecule has 0 radical (unpaired) electrons. The summed E-state index contributed by atoms with van der Waals surface area (Å²) in [5, 5.41) is 23.0. The first kappa shape index (κ1) is 24.4. The van der Waals surface area contributed by atoms with Gasteiger partial charge in [-0.3, -0.25) is 0 Å². The molecular formula is C21H24F4N2O4S. The molecule has 0 saturated carbocycles. The topological polar surface area (TPSA) is 89.9 Å². The lowest BCUT2D eigenvalue weighted by molar-refractivity contribution is 0.0465. The van der Waals surface area contributed by atoms with Crippen LogP contribution in [0.25, 0.3) is 0 Å². The van der Waals surface area contributed by atoms with E-state index in [2.05, 4.69) is 5.32 Å². The van der Waals surface area contributed by atoms with E-state index >= 15 is 0 Å². The molecule has 0 spiro atoms. The van der Waals surface area contributed by atoms with Gasteiger partial charge in [0.1, 0.15) is 6.67 Å². The average Bonchev–Trinajstić information content (AvgIpc) is 2.92. The molecule has 1 aliphatic rings. The van der Waals surface area contributed by atoms with Gasteiger partial charge in [0.2, 0.25) is 10.0 Å². The molecule has 2 unspecified atom stereocenters. The van der Waals surface area contributed by atoms with Crippen LogP contribution in [0.15, 0.2) is 35.2 Å². The zero-order valence-corrected chi connectivity index (χ0v) is 18.1. The Hall–Kier alpha value is -2.21. The molecule has 3 rings (SSSR count). The maximum Gasteiger partial charge on any atom is 0.243 e. The molecule has 0 amide bonds. The fourth-order valence-corrected chi connectivity index (χ4v) is 5.31. The van der Waals surface area contributed by atoms with E-state index in [1.54, 1.807) is 6.92 Å². The Morgan fingerprint density at radius 1 is 1.12 bits per heavy atom. The molecule has 1 fully saturated rings. The molecule has 0 bridgehead atoms. The van der Waals surface area contributed by atoms with Gasteiger partial charge in [-0.1, -0.05) is 12.1 Å². The van der Waals surface area contributed by atoms with Crippen molar-refractivity contribution in [3.8, 4) is 0 Å². The van der Waals surface area contributed by atoms with Crippen LogP contribution in [0, 0.1) is 17.5 Å². The zero-order valence-electron chi connectivity index (χ0n) is 17.3. The van der Waals surface area contributed by atoms with Crippen LogP contribution >= 0.6 is 0 Å². The molecule has 11 heteroatoms. The van der Waals surface area contributed by atoms with Crippen molar-refractivity contribution in [3.63, 3.8) is 0 Å². The van der Waals surface area contributed by atoms with Crippen molar-refractivity contribution in [1.82, 2.24) is 4.31 Å². The fraction of sp³-hybridized carbons (Fsp3) is 0.429. The predicted molar refractivity (Wildman–Crippen MR) is 109 cm³/mol. The minimum Gasteiger partial charge on any atom is -0.390 e. The van der Waals surface area contributed by atoms with Gasteiger partial charge in [-0.15, -0.1) is 0 Å². The quantitative estimate of drug-likeness (QED) is 0.337. The summed E-state index contributed by atoms with van der Waals surface area (Å²) in [6.07, 6.45) is -0.569. The largest absolute Gasteiger partial charge is 0.390 e. The fourth-order valence-electron chi connectivity index (χ4n) is 3.59. The van der Waals surface area contributed by atoms with E-state index in [0.717, 1.165) is 10.4 Å². The Morgan fingerprint density at radius 3 is 2.41 bits per heavy atom. The number of nitrogens with one attached hydrogen (secondary N) is 1. The van der Waals surface area contributed by atoms with E-state index in [1.807, 2.05) is 0 Å². The standard InChI is InChI=1S/C21H24F4N2O4S/c1-21(29)5-2-7-27(8-6-21)32(30,31)18-9-13(3-4-14(18)12-22)20(28)26-15-10-16(23)19(25)17(24)11-15/h3-4,9-11,20,26,28-29H,2,5-8,12H2,1H3. The molecule has 0 aromatic heterocycles. The van der Waals surface area contributed by atoms with Crippen molar-refractivity contribution in [3.05, 3.63) is 58.9 Å². The van der Waals surface area contributed by atoms with Crippen molar-refractivity contribution in [2.24, 2.45) is 0 Å². The van der Waals surface area contributed by atoms with Crippen LogP contribution in [-0.4, -0.2) is 41.6 Å². The second kappa shape index (κ2) is 9.34. The molecular weight excluding hydrogens is 452 g/mol. The first-order valence-electron chi connectivity index (χ1n) is 9.95. The Kier molecular flexibility index (Phi) is 7.13.